The summed E-state index contributed by atoms with van der Waals surface area (Å²) in [5, 5.41) is 0. The molecule has 0 spiro atoms. The van der Waals surface area contributed by atoms with Crippen molar-refractivity contribution < 1.29 is 31.1 Å². The summed E-state index contributed by atoms with van der Waals surface area (Å²) in [7, 11) is 7.67. The van der Waals surface area contributed by atoms with Gasteiger partial charge in [-0.1, -0.05) is 48.5 Å². The Kier molecular flexibility index (Phi) is 8.22. The van der Waals surface area contributed by atoms with Crippen LogP contribution in [0.25, 0.3) is 0 Å². The summed E-state index contributed by atoms with van der Waals surface area (Å²) in [5.74, 6) is -0.995. The zero-order valence-corrected chi connectivity index (χ0v) is 24.1. The molecule has 1 saturated heterocycles. The number of rotatable bonds is 6. The highest BCUT2D eigenvalue weighted by Gasteiger charge is 2.47. The van der Waals surface area contributed by atoms with Gasteiger partial charge in [0.05, 0.1) is 23.3 Å². The summed E-state index contributed by atoms with van der Waals surface area (Å²) in [4.78, 5) is 3.90. The fourth-order valence-electron chi connectivity index (χ4n) is 5.75. The lowest BCUT2D eigenvalue weighted by molar-refractivity contribution is -0.138. The van der Waals surface area contributed by atoms with Crippen molar-refractivity contribution in [3.63, 3.8) is 0 Å². The minimum atomic E-state index is -4.50. The number of ether oxygens (including phenoxy) is 1. The maximum atomic E-state index is 13.5. The van der Waals surface area contributed by atoms with Crippen molar-refractivity contribution in [2.45, 2.75) is 36.4 Å². The van der Waals surface area contributed by atoms with Crippen molar-refractivity contribution in [2.24, 2.45) is 0 Å². The number of hydrogen-bond acceptors (Lipinski definition) is 3. The third kappa shape index (κ3) is 6.37. The van der Waals surface area contributed by atoms with Crippen LogP contribution in [0.15, 0.2) is 97.1 Å². The van der Waals surface area contributed by atoms with E-state index in [1.54, 1.807) is 0 Å². The second-order valence-corrected chi connectivity index (χ2v) is 11.2. The third-order valence-corrected chi connectivity index (χ3v) is 8.05. The van der Waals surface area contributed by atoms with Gasteiger partial charge in [0.1, 0.15) is 0 Å². The molecule has 0 unspecified atom stereocenters. The average Bonchev–Trinajstić information content (AvgIpc) is 3.37. The fraction of sp³-hybridized carbons (Fsp3) is 0.294. The van der Waals surface area contributed by atoms with Crippen LogP contribution in [0.1, 0.15) is 57.4 Å². The van der Waals surface area contributed by atoms with Gasteiger partial charge in [0, 0.05) is 51.4 Å². The molecule has 4 aromatic rings. The fourth-order valence-corrected chi connectivity index (χ4v) is 5.75. The minimum Gasteiger partial charge on any atom is -0.378 e. The molecule has 43 heavy (non-hydrogen) atoms. The first-order chi connectivity index (χ1) is 20.2. The molecular formula is C34H32F6N2O. The van der Waals surface area contributed by atoms with Crippen LogP contribution in [-0.2, 0) is 17.1 Å². The number of halogens is 6. The van der Waals surface area contributed by atoms with Crippen LogP contribution >= 0.6 is 0 Å². The highest BCUT2D eigenvalue weighted by Crippen LogP contribution is 2.59. The molecule has 0 aliphatic carbocycles. The third-order valence-electron chi connectivity index (χ3n) is 8.05. The summed E-state index contributed by atoms with van der Waals surface area (Å²) >= 11 is 0. The molecule has 9 heteroatoms. The summed E-state index contributed by atoms with van der Waals surface area (Å²) in [5.41, 5.74) is 3.22. The second-order valence-electron chi connectivity index (χ2n) is 11.2. The molecule has 1 aliphatic rings. The molecule has 0 radical (unpaired) electrons. The van der Waals surface area contributed by atoms with Gasteiger partial charge in [-0.05, 0) is 70.8 Å². The minimum absolute atomic E-state index is 0.497. The van der Waals surface area contributed by atoms with Crippen LogP contribution in [-0.4, -0.2) is 28.2 Å². The van der Waals surface area contributed by atoms with Gasteiger partial charge >= 0.3 is 12.4 Å². The van der Waals surface area contributed by atoms with Gasteiger partial charge in [0.2, 0.25) is 0 Å². The van der Waals surface area contributed by atoms with Crippen molar-refractivity contribution in [3.05, 3.63) is 130 Å². The molecule has 0 amide bonds. The summed E-state index contributed by atoms with van der Waals surface area (Å²) in [6.07, 6.45) is -10.2. The molecule has 0 bridgehead atoms. The van der Waals surface area contributed by atoms with Crippen molar-refractivity contribution in [1.82, 2.24) is 0 Å². The first-order valence-electron chi connectivity index (χ1n) is 13.8. The highest BCUT2D eigenvalue weighted by molar-refractivity contribution is 5.50. The van der Waals surface area contributed by atoms with Crippen LogP contribution in [0.3, 0.4) is 0 Å². The number of alkyl halides is 6. The normalized spacial score (nSPS) is 20.7. The Bertz CT molecular complexity index is 1390. The van der Waals surface area contributed by atoms with Crippen LogP contribution < -0.4 is 9.80 Å². The molecule has 0 aromatic heterocycles. The molecule has 4 atom stereocenters. The average molecular weight is 599 g/mol. The van der Waals surface area contributed by atoms with Gasteiger partial charge in [-0.25, -0.2) is 0 Å². The Labute approximate surface area is 247 Å². The molecule has 0 saturated carbocycles. The zero-order valence-electron chi connectivity index (χ0n) is 24.1. The maximum absolute atomic E-state index is 13.5. The lowest BCUT2D eigenvalue weighted by Crippen LogP contribution is -2.15. The SMILES string of the molecule is CN(C)c1ccc([C@H]2O[C@H](c3ccc(N(C)C)cc3)[C@@H](c3ccc(C(F)(F)F)cc3)[C@@H]2c2ccc(C(F)(F)F)cc2)cc1. The lowest BCUT2D eigenvalue weighted by Gasteiger charge is -2.27. The number of benzene rings is 4. The van der Waals surface area contributed by atoms with Crippen molar-refractivity contribution in [3.8, 4) is 0 Å². The Morgan fingerprint density at radius 3 is 0.977 bits per heavy atom. The second kappa shape index (κ2) is 11.6. The summed E-state index contributed by atoms with van der Waals surface area (Å²) < 4.78 is 87.6. The van der Waals surface area contributed by atoms with Crippen LogP contribution in [0, 0.1) is 0 Å². The molecule has 1 aliphatic heterocycles. The van der Waals surface area contributed by atoms with Crippen molar-refractivity contribution in [2.75, 3.05) is 38.0 Å². The zero-order chi connectivity index (χ0) is 31.1. The standard InChI is InChI=1S/C34H32F6N2O/c1-41(2)27-17-9-23(10-18-27)31-29(21-5-13-25(14-6-21)33(35,36)37)30(22-7-15-26(16-8-22)34(38,39)40)32(43-31)24-11-19-28(20-12-24)42(3)4/h5-20,29-32H,1-4H3/t29-,30-,31+,32+/m0/s1. The lowest BCUT2D eigenvalue weighted by atomic mass is 9.74. The Balaban J connectivity index is 1.67. The number of hydrogen-bond donors (Lipinski definition) is 0. The van der Waals surface area contributed by atoms with E-state index in [1.807, 2.05) is 86.5 Å². The van der Waals surface area contributed by atoms with Crippen LogP contribution in [0.5, 0.6) is 0 Å². The highest BCUT2D eigenvalue weighted by atomic mass is 19.4. The predicted octanol–water partition coefficient (Wildman–Crippen LogP) is 9.24. The predicted molar refractivity (Wildman–Crippen MR) is 156 cm³/mol. The van der Waals surface area contributed by atoms with Gasteiger partial charge in [0.25, 0.3) is 0 Å². The number of nitrogens with zero attached hydrogens (tertiary/aromatic N) is 2. The molecule has 4 aromatic carbocycles. The van der Waals surface area contributed by atoms with E-state index in [1.165, 1.54) is 24.3 Å². The van der Waals surface area contributed by atoms with E-state index >= 15 is 0 Å². The molecule has 3 nitrogen and oxygen atoms in total. The molecule has 0 N–H and O–H groups in total. The van der Waals surface area contributed by atoms with Gasteiger partial charge in [-0.3, -0.25) is 0 Å². The number of anilines is 2. The quantitative estimate of drug-likeness (QED) is 0.206. The van der Waals surface area contributed by atoms with Crippen molar-refractivity contribution in [1.29, 1.82) is 0 Å². The topological polar surface area (TPSA) is 15.7 Å². The molecular weight excluding hydrogens is 566 g/mol. The van der Waals surface area contributed by atoms with Crippen molar-refractivity contribution >= 4 is 11.4 Å². The van der Waals surface area contributed by atoms with E-state index in [-0.39, 0.29) is 0 Å². The molecule has 5 rings (SSSR count). The Morgan fingerprint density at radius 1 is 0.442 bits per heavy atom. The first kappa shape index (κ1) is 30.5. The van der Waals surface area contributed by atoms with Gasteiger partial charge in [-0.15, -0.1) is 0 Å². The summed E-state index contributed by atoms with van der Waals surface area (Å²) in [6, 6.07) is 25.5. The van der Waals surface area contributed by atoms with Gasteiger partial charge in [-0.2, -0.15) is 26.3 Å². The largest absolute Gasteiger partial charge is 0.416 e. The van der Waals surface area contributed by atoms with Crippen LogP contribution in [0.4, 0.5) is 37.7 Å². The van der Waals surface area contributed by atoms with E-state index in [0.717, 1.165) is 46.8 Å². The molecule has 1 heterocycles. The van der Waals surface area contributed by atoms with E-state index in [9.17, 15) is 26.3 Å². The van der Waals surface area contributed by atoms with Gasteiger partial charge in [0.15, 0.2) is 0 Å². The maximum Gasteiger partial charge on any atom is 0.416 e. The van der Waals surface area contributed by atoms with E-state index in [0.29, 0.717) is 11.1 Å². The van der Waals surface area contributed by atoms with E-state index in [4.69, 9.17) is 4.74 Å². The molecule has 226 valence electrons. The van der Waals surface area contributed by atoms with Crippen LogP contribution in [0.2, 0.25) is 0 Å². The molecule has 1 fully saturated rings. The first-order valence-corrected chi connectivity index (χ1v) is 13.8. The van der Waals surface area contributed by atoms with E-state index in [2.05, 4.69) is 0 Å². The smallest absolute Gasteiger partial charge is 0.378 e. The van der Waals surface area contributed by atoms with E-state index < -0.39 is 47.5 Å². The summed E-state index contributed by atoms with van der Waals surface area (Å²) in [6.45, 7) is 0. The monoisotopic (exact) mass is 598 g/mol. The van der Waals surface area contributed by atoms with Gasteiger partial charge < -0.3 is 14.5 Å². The Hall–Kier alpha value is -3.98. The Morgan fingerprint density at radius 2 is 0.721 bits per heavy atom.